The summed E-state index contributed by atoms with van der Waals surface area (Å²) in [5.41, 5.74) is 5.26. The molecule has 8 heteroatoms. The highest BCUT2D eigenvalue weighted by atomic mass is 32.2. The highest BCUT2D eigenvalue weighted by Crippen LogP contribution is 2.29. The number of nitrogens with zero attached hydrogens (tertiary/aromatic N) is 5. The number of aromatic nitrogens is 5. The Labute approximate surface area is 182 Å². The number of nitrogens with one attached hydrogen (secondary N) is 1. The highest BCUT2D eigenvalue weighted by Gasteiger charge is 2.24. The van der Waals surface area contributed by atoms with Crippen LogP contribution in [0.2, 0.25) is 0 Å². The average molecular weight is 429 g/mol. The summed E-state index contributed by atoms with van der Waals surface area (Å²) >= 11 is 1.42. The molecule has 1 aliphatic rings. The first kappa shape index (κ1) is 18.4. The second-order valence-electron chi connectivity index (χ2n) is 7.79. The van der Waals surface area contributed by atoms with Gasteiger partial charge in [-0.1, -0.05) is 42.1 Å². The molecular formula is C23H20N6OS. The molecule has 1 N–H and O–H groups in total. The van der Waals surface area contributed by atoms with Gasteiger partial charge < -0.3 is 9.88 Å². The second-order valence-corrected chi connectivity index (χ2v) is 8.73. The maximum Gasteiger partial charge on any atom is 0.233 e. The number of thioether (sulfide) groups is 1. The van der Waals surface area contributed by atoms with E-state index >= 15 is 0 Å². The van der Waals surface area contributed by atoms with Crippen molar-refractivity contribution in [3.8, 4) is 0 Å². The standard InChI is InChI=1S/C23H20N6OS/c1-14-24-22-16-7-3-5-9-19(16)26-23(29(22)27-14)31-13-21(30)28-11-10-20-17(12-28)15-6-2-4-8-18(15)25-20/h2-9,25H,10-13H2,1H3. The molecule has 0 saturated heterocycles. The van der Waals surface area contributed by atoms with Crippen molar-refractivity contribution in [2.24, 2.45) is 0 Å². The van der Waals surface area contributed by atoms with Crippen molar-refractivity contribution in [1.29, 1.82) is 0 Å². The van der Waals surface area contributed by atoms with Gasteiger partial charge in [0.25, 0.3) is 0 Å². The zero-order chi connectivity index (χ0) is 20.9. The van der Waals surface area contributed by atoms with E-state index in [9.17, 15) is 4.79 Å². The van der Waals surface area contributed by atoms with E-state index in [2.05, 4.69) is 27.2 Å². The number of aromatic amines is 1. The van der Waals surface area contributed by atoms with Gasteiger partial charge in [0, 0.05) is 47.1 Å². The number of rotatable bonds is 3. The summed E-state index contributed by atoms with van der Waals surface area (Å²) in [5.74, 6) is 1.12. The molecule has 1 amide bonds. The van der Waals surface area contributed by atoms with E-state index in [0.717, 1.165) is 35.0 Å². The van der Waals surface area contributed by atoms with Crippen LogP contribution >= 0.6 is 11.8 Å². The number of hydrogen-bond donors (Lipinski definition) is 1. The minimum absolute atomic E-state index is 0.112. The fraction of sp³-hybridized carbons (Fsp3) is 0.217. The number of amides is 1. The minimum atomic E-state index is 0.112. The fourth-order valence-electron chi connectivity index (χ4n) is 4.32. The normalized spacial score (nSPS) is 13.9. The third-order valence-electron chi connectivity index (χ3n) is 5.82. The summed E-state index contributed by atoms with van der Waals surface area (Å²) in [6.07, 6.45) is 0.848. The molecule has 3 aromatic heterocycles. The Morgan fingerprint density at radius 2 is 1.90 bits per heavy atom. The molecule has 6 rings (SSSR count). The van der Waals surface area contributed by atoms with E-state index in [1.807, 2.05) is 48.2 Å². The van der Waals surface area contributed by atoms with Crippen LogP contribution in [0.3, 0.4) is 0 Å². The molecule has 2 aromatic carbocycles. The van der Waals surface area contributed by atoms with Crippen LogP contribution in [-0.4, -0.2) is 47.7 Å². The molecule has 154 valence electrons. The quantitative estimate of drug-likeness (QED) is 0.350. The number of fused-ring (bicyclic) bond motifs is 6. The fourth-order valence-corrected chi connectivity index (χ4v) is 5.17. The molecule has 0 bridgehead atoms. The van der Waals surface area contributed by atoms with Crippen molar-refractivity contribution < 1.29 is 4.79 Å². The lowest BCUT2D eigenvalue weighted by atomic mass is 10.0. The van der Waals surface area contributed by atoms with Crippen molar-refractivity contribution in [1.82, 2.24) is 29.5 Å². The van der Waals surface area contributed by atoms with E-state index in [0.29, 0.717) is 23.3 Å². The Bertz CT molecular complexity index is 1470. The Morgan fingerprint density at radius 1 is 1.10 bits per heavy atom. The van der Waals surface area contributed by atoms with E-state index in [4.69, 9.17) is 4.98 Å². The molecule has 0 radical (unpaired) electrons. The van der Waals surface area contributed by atoms with Crippen LogP contribution in [0.4, 0.5) is 0 Å². The number of carbonyl (C=O) groups is 1. The predicted octanol–water partition coefficient (Wildman–Crippen LogP) is 3.74. The van der Waals surface area contributed by atoms with Crippen LogP contribution in [-0.2, 0) is 17.8 Å². The molecule has 7 nitrogen and oxygen atoms in total. The second kappa shape index (κ2) is 7.09. The number of carbonyl (C=O) groups excluding carboxylic acids is 1. The zero-order valence-electron chi connectivity index (χ0n) is 17.0. The average Bonchev–Trinajstić information content (AvgIpc) is 3.37. The number of hydrogen-bond acceptors (Lipinski definition) is 5. The summed E-state index contributed by atoms with van der Waals surface area (Å²) in [6, 6.07) is 16.2. The van der Waals surface area contributed by atoms with E-state index in [-0.39, 0.29) is 5.91 Å². The molecule has 0 spiro atoms. The molecule has 31 heavy (non-hydrogen) atoms. The Balaban J connectivity index is 1.26. The molecule has 4 heterocycles. The van der Waals surface area contributed by atoms with Gasteiger partial charge in [-0.15, -0.1) is 5.10 Å². The first-order chi connectivity index (χ1) is 15.2. The molecule has 0 aliphatic carbocycles. The number of benzene rings is 2. The summed E-state index contributed by atoms with van der Waals surface area (Å²) in [5, 5.41) is 7.36. The van der Waals surface area contributed by atoms with Crippen molar-refractivity contribution in [2.75, 3.05) is 12.3 Å². The van der Waals surface area contributed by atoms with Crippen LogP contribution in [0.1, 0.15) is 17.1 Å². The van der Waals surface area contributed by atoms with E-state index in [1.165, 1.54) is 28.4 Å². The first-order valence-corrected chi connectivity index (χ1v) is 11.3. The van der Waals surface area contributed by atoms with Gasteiger partial charge in [0.1, 0.15) is 5.82 Å². The topological polar surface area (TPSA) is 79.2 Å². The maximum atomic E-state index is 13.1. The summed E-state index contributed by atoms with van der Waals surface area (Å²) in [7, 11) is 0. The van der Waals surface area contributed by atoms with Gasteiger partial charge in [-0.2, -0.15) is 4.52 Å². The van der Waals surface area contributed by atoms with Gasteiger partial charge in [0.2, 0.25) is 5.91 Å². The Morgan fingerprint density at radius 3 is 2.81 bits per heavy atom. The molecule has 1 aliphatic heterocycles. The van der Waals surface area contributed by atoms with Gasteiger partial charge in [-0.3, -0.25) is 4.79 Å². The lowest BCUT2D eigenvalue weighted by Crippen LogP contribution is -2.37. The summed E-state index contributed by atoms with van der Waals surface area (Å²) in [4.78, 5) is 27.8. The van der Waals surface area contributed by atoms with Crippen molar-refractivity contribution in [3.63, 3.8) is 0 Å². The van der Waals surface area contributed by atoms with Crippen LogP contribution in [0, 0.1) is 6.92 Å². The van der Waals surface area contributed by atoms with Crippen LogP contribution < -0.4 is 0 Å². The molecule has 0 atom stereocenters. The SMILES string of the molecule is Cc1nc2c3ccccc3nc(SCC(=O)N3CCc4[nH]c5ccccc5c4C3)n2n1. The summed E-state index contributed by atoms with van der Waals surface area (Å²) < 4.78 is 1.75. The zero-order valence-corrected chi connectivity index (χ0v) is 17.8. The smallest absolute Gasteiger partial charge is 0.233 e. The van der Waals surface area contributed by atoms with Crippen LogP contribution in [0.25, 0.3) is 27.5 Å². The molecule has 0 saturated carbocycles. The summed E-state index contributed by atoms with van der Waals surface area (Å²) in [6.45, 7) is 3.23. The predicted molar refractivity (Wildman–Crippen MR) is 121 cm³/mol. The minimum Gasteiger partial charge on any atom is -0.358 e. The van der Waals surface area contributed by atoms with Crippen molar-refractivity contribution in [2.45, 2.75) is 25.0 Å². The third kappa shape index (κ3) is 3.06. The lowest BCUT2D eigenvalue weighted by molar-refractivity contribution is -0.129. The molecule has 0 fully saturated rings. The van der Waals surface area contributed by atoms with Gasteiger partial charge in [0.15, 0.2) is 10.8 Å². The highest BCUT2D eigenvalue weighted by molar-refractivity contribution is 7.99. The van der Waals surface area contributed by atoms with Crippen molar-refractivity contribution >= 4 is 45.1 Å². The first-order valence-electron chi connectivity index (χ1n) is 10.3. The molecular weight excluding hydrogens is 408 g/mol. The Kier molecular flexibility index (Phi) is 4.21. The van der Waals surface area contributed by atoms with E-state index in [1.54, 1.807) is 4.52 Å². The van der Waals surface area contributed by atoms with Gasteiger partial charge >= 0.3 is 0 Å². The number of aryl methyl sites for hydroxylation is 1. The van der Waals surface area contributed by atoms with Crippen molar-refractivity contribution in [3.05, 3.63) is 65.6 Å². The maximum absolute atomic E-state index is 13.1. The largest absolute Gasteiger partial charge is 0.358 e. The van der Waals surface area contributed by atoms with Gasteiger partial charge in [-0.25, -0.2) is 9.97 Å². The lowest BCUT2D eigenvalue weighted by Gasteiger charge is -2.27. The number of para-hydroxylation sites is 2. The van der Waals surface area contributed by atoms with E-state index < -0.39 is 0 Å². The van der Waals surface area contributed by atoms with Crippen LogP contribution in [0.15, 0.2) is 53.7 Å². The number of H-pyrrole nitrogens is 1. The molecule has 5 aromatic rings. The van der Waals surface area contributed by atoms with Crippen LogP contribution in [0.5, 0.6) is 0 Å². The van der Waals surface area contributed by atoms with Gasteiger partial charge in [0.05, 0.1) is 11.3 Å². The monoisotopic (exact) mass is 428 g/mol. The third-order valence-corrected chi connectivity index (χ3v) is 6.73. The Hall–Kier alpha value is -3.39. The van der Waals surface area contributed by atoms with Gasteiger partial charge in [-0.05, 0) is 25.1 Å². The molecule has 0 unspecified atom stereocenters.